The van der Waals surface area contributed by atoms with Gasteiger partial charge < -0.3 is 21.5 Å². The third kappa shape index (κ3) is 5.58. The van der Waals surface area contributed by atoms with E-state index in [2.05, 4.69) is 10.6 Å². The van der Waals surface area contributed by atoms with Crippen molar-refractivity contribution in [2.75, 3.05) is 0 Å². The molecule has 0 radical (unpaired) electrons. The molecule has 5 N–H and O–H groups in total. The summed E-state index contributed by atoms with van der Waals surface area (Å²) >= 11 is 0. The van der Waals surface area contributed by atoms with Gasteiger partial charge >= 0.3 is 12.0 Å². The maximum absolute atomic E-state index is 11.7. The highest BCUT2D eigenvalue weighted by Crippen LogP contribution is 2.24. The van der Waals surface area contributed by atoms with Crippen molar-refractivity contribution in [1.82, 2.24) is 10.6 Å². The lowest BCUT2D eigenvalue weighted by Gasteiger charge is -2.27. The Morgan fingerprint density at radius 1 is 1.37 bits per heavy atom. The fraction of sp³-hybridized carbons (Fsp3) is 0.750. The van der Waals surface area contributed by atoms with Gasteiger partial charge in [-0.05, 0) is 26.2 Å². The summed E-state index contributed by atoms with van der Waals surface area (Å²) in [4.78, 5) is 33.2. The second-order valence-electron chi connectivity index (χ2n) is 5.09. The number of amides is 3. The summed E-state index contributed by atoms with van der Waals surface area (Å²) < 4.78 is 0. The Morgan fingerprint density at radius 2 is 2.05 bits per heavy atom. The van der Waals surface area contributed by atoms with Crippen molar-refractivity contribution >= 4 is 17.9 Å². The van der Waals surface area contributed by atoms with Crippen LogP contribution in [0.2, 0.25) is 0 Å². The first kappa shape index (κ1) is 15.3. The van der Waals surface area contributed by atoms with Crippen LogP contribution in [0.4, 0.5) is 4.79 Å². The van der Waals surface area contributed by atoms with Crippen molar-refractivity contribution < 1.29 is 19.5 Å². The number of carbonyl (C=O) groups excluding carboxylic acids is 2. The molecule has 0 spiro atoms. The third-order valence-electron chi connectivity index (χ3n) is 3.24. The van der Waals surface area contributed by atoms with Gasteiger partial charge in [0.2, 0.25) is 5.91 Å². The minimum absolute atomic E-state index is 0.0792. The number of rotatable bonds is 5. The fourth-order valence-electron chi connectivity index (χ4n) is 2.35. The van der Waals surface area contributed by atoms with Crippen LogP contribution in [0, 0.1) is 5.92 Å². The van der Waals surface area contributed by atoms with Crippen LogP contribution in [0.1, 0.15) is 39.0 Å². The molecule has 3 atom stereocenters. The smallest absolute Gasteiger partial charge is 0.315 e. The summed E-state index contributed by atoms with van der Waals surface area (Å²) in [6.07, 6.45) is 2.76. The molecule has 1 rings (SSSR count). The van der Waals surface area contributed by atoms with Gasteiger partial charge in [-0.1, -0.05) is 6.42 Å². The zero-order valence-corrected chi connectivity index (χ0v) is 11.0. The monoisotopic (exact) mass is 271 g/mol. The predicted molar refractivity (Wildman–Crippen MR) is 68.3 cm³/mol. The van der Waals surface area contributed by atoms with Crippen molar-refractivity contribution in [3.63, 3.8) is 0 Å². The number of hydrogen-bond donors (Lipinski definition) is 4. The topological polar surface area (TPSA) is 122 Å². The number of carboxylic acids is 1. The van der Waals surface area contributed by atoms with E-state index in [-0.39, 0.29) is 30.5 Å². The number of nitrogens with two attached hydrogens (primary N) is 1. The number of nitrogens with one attached hydrogen (secondary N) is 2. The van der Waals surface area contributed by atoms with Crippen molar-refractivity contribution in [3.8, 4) is 0 Å². The van der Waals surface area contributed by atoms with Crippen LogP contribution in [0.25, 0.3) is 0 Å². The summed E-state index contributed by atoms with van der Waals surface area (Å²) in [7, 11) is 0. The Morgan fingerprint density at radius 3 is 2.63 bits per heavy atom. The quantitative estimate of drug-likeness (QED) is 0.570. The number of carboxylic acid groups (broad SMARTS) is 1. The van der Waals surface area contributed by atoms with Crippen LogP contribution in [-0.4, -0.2) is 35.1 Å². The third-order valence-corrected chi connectivity index (χ3v) is 3.24. The number of primary amides is 1. The summed E-state index contributed by atoms with van der Waals surface area (Å²) in [6.45, 7) is 1.69. The standard InChI is InChI=1S/C12H21N3O4/c1-7(5-10(13)16)14-12(19)15-9-4-2-3-8(6-9)11(17)18/h7-9H,2-6H2,1H3,(H2,13,16)(H,17,18)(H2,14,15,19). The lowest BCUT2D eigenvalue weighted by molar-refractivity contribution is -0.143. The van der Waals surface area contributed by atoms with Gasteiger partial charge in [-0.3, -0.25) is 9.59 Å². The van der Waals surface area contributed by atoms with Crippen LogP contribution in [0.5, 0.6) is 0 Å². The number of urea groups is 1. The average molecular weight is 271 g/mol. The summed E-state index contributed by atoms with van der Waals surface area (Å²) in [6, 6.07) is -0.850. The molecule has 1 aliphatic rings. The van der Waals surface area contributed by atoms with Crippen LogP contribution < -0.4 is 16.4 Å². The largest absolute Gasteiger partial charge is 0.481 e. The predicted octanol–water partition coefficient (Wildman–Crippen LogP) is 0.193. The van der Waals surface area contributed by atoms with Crippen molar-refractivity contribution in [2.24, 2.45) is 11.7 Å². The molecule has 7 nitrogen and oxygen atoms in total. The molecule has 1 aliphatic carbocycles. The molecule has 3 unspecified atom stereocenters. The molecule has 0 bridgehead atoms. The van der Waals surface area contributed by atoms with E-state index in [9.17, 15) is 14.4 Å². The molecule has 0 aromatic rings. The Balaban J connectivity index is 2.35. The number of hydrogen-bond acceptors (Lipinski definition) is 3. The van der Waals surface area contributed by atoms with Gasteiger partial charge in [0.1, 0.15) is 0 Å². The highest BCUT2D eigenvalue weighted by atomic mass is 16.4. The summed E-state index contributed by atoms with van der Waals surface area (Å²) in [5.74, 6) is -1.67. The Kier molecular flexibility index (Phi) is 5.59. The van der Waals surface area contributed by atoms with Crippen LogP contribution in [0.3, 0.4) is 0 Å². The molecule has 0 saturated heterocycles. The SMILES string of the molecule is CC(CC(N)=O)NC(=O)NC1CCCC(C(=O)O)C1. The van der Waals surface area contributed by atoms with E-state index in [0.29, 0.717) is 12.8 Å². The van der Waals surface area contributed by atoms with Gasteiger partial charge in [-0.2, -0.15) is 0 Å². The second-order valence-corrected chi connectivity index (χ2v) is 5.09. The lowest BCUT2D eigenvalue weighted by atomic mass is 9.86. The highest BCUT2D eigenvalue weighted by molar-refractivity contribution is 5.78. The Hall–Kier alpha value is -1.79. The fourth-order valence-corrected chi connectivity index (χ4v) is 2.35. The minimum Gasteiger partial charge on any atom is -0.481 e. The highest BCUT2D eigenvalue weighted by Gasteiger charge is 2.27. The molecule has 0 heterocycles. The van der Waals surface area contributed by atoms with Gasteiger partial charge in [0.15, 0.2) is 0 Å². The molecule has 0 aliphatic heterocycles. The van der Waals surface area contributed by atoms with E-state index in [4.69, 9.17) is 10.8 Å². The van der Waals surface area contributed by atoms with Crippen LogP contribution in [0.15, 0.2) is 0 Å². The van der Waals surface area contributed by atoms with E-state index in [1.54, 1.807) is 6.92 Å². The molecule has 0 aromatic carbocycles. The molecule has 108 valence electrons. The van der Waals surface area contributed by atoms with Crippen LogP contribution in [-0.2, 0) is 9.59 Å². The number of carbonyl (C=O) groups is 3. The molecule has 1 fully saturated rings. The average Bonchev–Trinajstić information content (AvgIpc) is 2.27. The van der Waals surface area contributed by atoms with Crippen molar-refractivity contribution in [3.05, 3.63) is 0 Å². The van der Waals surface area contributed by atoms with Gasteiger partial charge in [0, 0.05) is 18.5 Å². The van der Waals surface area contributed by atoms with Crippen LogP contribution >= 0.6 is 0 Å². The van der Waals surface area contributed by atoms with E-state index in [1.807, 2.05) is 0 Å². The van der Waals surface area contributed by atoms with E-state index in [1.165, 1.54) is 0 Å². The minimum atomic E-state index is -0.811. The molecule has 19 heavy (non-hydrogen) atoms. The number of aliphatic carboxylic acids is 1. The van der Waals surface area contributed by atoms with Crippen molar-refractivity contribution in [2.45, 2.75) is 51.1 Å². The Bertz CT molecular complexity index is 359. The molecular formula is C12H21N3O4. The summed E-state index contributed by atoms with van der Waals surface area (Å²) in [5.41, 5.74) is 5.03. The first-order chi connectivity index (χ1) is 8.88. The first-order valence-electron chi connectivity index (χ1n) is 6.46. The second kappa shape index (κ2) is 6.96. The molecule has 3 amide bonds. The van der Waals surface area contributed by atoms with Gasteiger partial charge in [-0.25, -0.2) is 4.79 Å². The molecule has 0 aromatic heterocycles. The van der Waals surface area contributed by atoms with Crippen molar-refractivity contribution in [1.29, 1.82) is 0 Å². The zero-order valence-electron chi connectivity index (χ0n) is 11.0. The van der Waals surface area contributed by atoms with Gasteiger partial charge in [-0.15, -0.1) is 0 Å². The summed E-state index contributed by atoms with van der Waals surface area (Å²) in [5, 5.41) is 14.3. The van der Waals surface area contributed by atoms with Gasteiger partial charge in [0.05, 0.1) is 5.92 Å². The van der Waals surface area contributed by atoms with Gasteiger partial charge in [0.25, 0.3) is 0 Å². The lowest BCUT2D eigenvalue weighted by Crippen LogP contribution is -2.48. The van der Waals surface area contributed by atoms with E-state index < -0.39 is 11.9 Å². The Labute approximate surface area is 111 Å². The van der Waals surface area contributed by atoms with E-state index in [0.717, 1.165) is 12.8 Å². The molecular weight excluding hydrogens is 250 g/mol. The first-order valence-corrected chi connectivity index (χ1v) is 6.46. The maximum atomic E-state index is 11.7. The molecule has 1 saturated carbocycles. The normalized spacial score (nSPS) is 24.3. The maximum Gasteiger partial charge on any atom is 0.315 e. The van der Waals surface area contributed by atoms with E-state index >= 15 is 0 Å². The zero-order chi connectivity index (χ0) is 14.4. The molecule has 7 heteroatoms.